The van der Waals surface area contributed by atoms with E-state index in [1.54, 1.807) is 0 Å². The van der Waals surface area contributed by atoms with E-state index in [-0.39, 0.29) is 11.4 Å². The van der Waals surface area contributed by atoms with Gasteiger partial charge in [0.05, 0.1) is 0 Å². The largest absolute Gasteiger partial charge is 0.461 e. The third-order valence-electron chi connectivity index (χ3n) is 3.93. The Morgan fingerprint density at radius 2 is 2.05 bits per heavy atom. The number of esters is 1. The van der Waals surface area contributed by atoms with Crippen molar-refractivity contribution >= 4 is 11.8 Å². The van der Waals surface area contributed by atoms with Crippen LogP contribution in [-0.2, 0) is 20.9 Å². The molecule has 1 aromatic rings. The monoisotopic (exact) mass is 260 g/mol. The number of carbonyl (C=O) groups excluding carboxylic acids is 2. The summed E-state index contributed by atoms with van der Waals surface area (Å²) in [6, 6.07) is 9.62. The predicted molar refractivity (Wildman–Crippen MR) is 72.4 cm³/mol. The summed E-state index contributed by atoms with van der Waals surface area (Å²) in [6.07, 6.45) is 3.45. The number of ether oxygens (including phenoxy) is 1. The average Bonchev–Trinajstić information content (AvgIpc) is 2.76. The van der Waals surface area contributed by atoms with Crippen LogP contribution >= 0.6 is 0 Å². The summed E-state index contributed by atoms with van der Waals surface area (Å²) in [5, 5.41) is 0. The molecule has 1 fully saturated rings. The zero-order valence-corrected chi connectivity index (χ0v) is 11.4. The van der Waals surface area contributed by atoms with Gasteiger partial charge < -0.3 is 4.74 Å². The Hall–Kier alpha value is -1.64. The van der Waals surface area contributed by atoms with E-state index in [1.807, 2.05) is 37.3 Å². The van der Waals surface area contributed by atoms with Crippen LogP contribution in [0.25, 0.3) is 0 Å². The molecule has 0 heterocycles. The first-order valence-electron chi connectivity index (χ1n) is 6.83. The number of ketones is 1. The van der Waals surface area contributed by atoms with Crippen LogP contribution in [0.15, 0.2) is 30.3 Å². The normalized spacial score (nSPS) is 22.5. The molecule has 0 aromatic heterocycles. The highest BCUT2D eigenvalue weighted by Gasteiger charge is 2.37. The molecular formula is C16H20O3. The van der Waals surface area contributed by atoms with Gasteiger partial charge in [-0.3, -0.25) is 9.59 Å². The van der Waals surface area contributed by atoms with Gasteiger partial charge in [-0.2, -0.15) is 0 Å². The summed E-state index contributed by atoms with van der Waals surface area (Å²) in [4.78, 5) is 23.4. The number of hydrogen-bond acceptors (Lipinski definition) is 3. The molecule has 1 atom stereocenters. The molecule has 102 valence electrons. The maximum Gasteiger partial charge on any atom is 0.306 e. The first kappa shape index (κ1) is 13.8. The van der Waals surface area contributed by atoms with Crippen LogP contribution in [0.5, 0.6) is 0 Å². The van der Waals surface area contributed by atoms with Crippen molar-refractivity contribution in [3.05, 3.63) is 35.9 Å². The van der Waals surface area contributed by atoms with Crippen LogP contribution in [0.4, 0.5) is 0 Å². The molecule has 1 aliphatic rings. The molecule has 0 spiro atoms. The summed E-state index contributed by atoms with van der Waals surface area (Å²) >= 11 is 0. The Balaban J connectivity index is 1.75. The van der Waals surface area contributed by atoms with E-state index >= 15 is 0 Å². The van der Waals surface area contributed by atoms with Gasteiger partial charge in [0.25, 0.3) is 0 Å². The molecule has 19 heavy (non-hydrogen) atoms. The maximum absolute atomic E-state index is 11.7. The van der Waals surface area contributed by atoms with Crippen LogP contribution in [-0.4, -0.2) is 11.8 Å². The molecule has 0 amide bonds. The Morgan fingerprint density at radius 1 is 1.32 bits per heavy atom. The molecule has 3 nitrogen and oxygen atoms in total. The number of benzene rings is 1. The van der Waals surface area contributed by atoms with Crippen LogP contribution < -0.4 is 0 Å². The Labute approximate surface area is 114 Å². The van der Waals surface area contributed by atoms with E-state index in [9.17, 15) is 9.59 Å². The molecule has 2 rings (SSSR count). The minimum Gasteiger partial charge on any atom is -0.461 e. The lowest BCUT2D eigenvalue weighted by Gasteiger charge is -2.20. The molecule has 1 aromatic carbocycles. The fourth-order valence-electron chi connectivity index (χ4n) is 2.53. The van der Waals surface area contributed by atoms with Gasteiger partial charge in [0.1, 0.15) is 12.4 Å². The van der Waals surface area contributed by atoms with E-state index in [4.69, 9.17) is 4.74 Å². The van der Waals surface area contributed by atoms with Gasteiger partial charge in [0.15, 0.2) is 0 Å². The van der Waals surface area contributed by atoms with Gasteiger partial charge in [-0.25, -0.2) is 0 Å². The highest BCUT2D eigenvalue weighted by Crippen LogP contribution is 2.38. The molecule has 0 bridgehead atoms. The second kappa shape index (κ2) is 6.00. The summed E-state index contributed by atoms with van der Waals surface area (Å²) in [5.74, 6) is 0.0770. The van der Waals surface area contributed by atoms with E-state index in [0.717, 1.165) is 18.4 Å². The number of carbonyl (C=O) groups is 2. The van der Waals surface area contributed by atoms with Crippen LogP contribution in [0, 0.1) is 5.41 Å². The minimum absolute atomic E-state index is 0.218. The number of hydrogen-bond donors (Lipinski definition) is 0. The number of Topliss-reactive ketones (excluding diaryl/α,β-unsaturated/α-hetero) is 1. The zero-order valence-electron chi connectivity index (χ0n) is 11.4. The van der Waals surface area contributed by atoms with Gasteiger partial charge in [0.2, 0.25) is 0 Å². The standard InChI is InChI=1S/C16H20O3/c1-16(10-5-8-14(16)17)11-9-15(18)19-12-13-6-3-2-4-7-13/h2-4,6-7H,5,8-12H2,1H3/t16-/m1/s1. The topological polar surface area (TPSA) is 43.4 Å². The lowest BCUT2D eigenvalue weighted by atomic mass is 9.83. The fraction of sp³-hybridized carbons (Fsp3) is 0.500. The SMILES string of the molecule is C[C@]1(CCC(=O)OCc2ccccc2)CCCC1=O. The highest BCUT2D eigenvalue weighted by molar-refractivity contribution is 5.86. The molecular weight excluding hydrogens is 240 g/mol. The van der Waals surface area contributed by atoms with Crippen LogP contribution in [0.3, 0.4) is 0 Å². The lowest BCUT2D eigenvalue weighted by molar-refractivity contribution is -0.145. The van der Waals surface area contributed by atoms with Crippen molar-refractivity contribution in [3.63, 3.8) is 0 Å². The lowest BCUT2D eigenvalue weighted by Crippen LogP contribution is -2.23. The quantitative estimate of drug-likeness (QED) is 0.763. The summed E-state index contributed by atoms with van der Waals surface area (Å²) < 4.78 is 5.22. The average molecular weight is 260 g/mol. The van der Waals surface area contributed by atoms with Crippen molar-refractivity contribution in [1.82, 2.24) is 0 Å². The van der Waals surface area contributed by atoms with Crippen molar-refractivity contribution in [1.29, 1.82) is 0 Å². The molecule has 0 N–H and O–H groups in total. The van der Waals surface area contributed by atoms with E-state index in [2.05, 4.69) is 0 Å². The van der Waals surface area contributed by atoms with Gasteiger partial charge in [0, 0.05) is 18.3 Å². The summed E-state index contributed by atoms with van der Waals surface area (Å²) in [6.45, 7) is 2.27. The minimum atomic E-state index is -0.300. The van der Waals surface area contributed by atoms with E-state index < -0.39 is 0 Å². The molecule has 0 saturated heterocycles. The Bertz CT molecular complexity index is 452. The summed E-state index contributed by atoms with van der Waals surface area (Å²) in [5.41, 5.74) is 0.685. The molecule has 1 aliphatic carbocycles. The van der Waals surface area contributed by atoms with Crippen molar-refractivity contribution in [3.8, 4) is 0 Å². The van der Waals surface area contributed by atoms with Crippen LogP contribution in [0.2, 0.25) is 0 Å². The van der Waals surface area contributed by atoms with E-state index in [0.29, 0.717) is 31.7 Å². The second-order valence-corrected chi connectivity index (χ2v) is 5.48. The maximum atomic E-state index is 11.7. The van der Waals surface area contributed by atoms with Crippen molar-refractivity contribution in [2.75, 3.05) is 0 Å². The first-order valence-corrected chi connectivity index (χ1v) is 6.83. The first-order chi connectivity index (χ1) is 9.10. The molecule has 1 saturated carbocycles. The molecule has 0 aliphatic heterocycles. The van der Waals surface area contributed by atoms with Crippen molar-refractivity contribution in [2.24, 2.45) is 5.41 Å². The van der Waals surface area contributed by atoms with Crippen molar-refractivity contribution in [2.45, 2.75) is 45.6 Å². The Morgan fingerprint density at radius 3 is 2.68 bits per heavy atom. The van der Waals surface area contributed by atoms with Gasteiger partial charge in [-0.15, -0.1) is 0 Å². The van der Waals surface area contributed by atoms with Crippen LogP contribution in [0.1, 0.15) is 44.6 Å². The van der Waals surface area contributed by atoms with Gasteiger partial charge in [-0.05, 0) is 24.8 Å². The predicted octanol–water partition coefficient (Wildman–Crippen LogP) is 3.27. The number of rotatable bonds is 5. The van der Waals surface area contributed by atoms with Gasteiger partial charge in [-0.1, -0.05) is 37.3 Å². The molecule has 0 radical (unpaired) electrons. The zero-order chi connectivity index (χ0) is 13.7. The smallest absolute Gasteiger partial charge is 0.306 e. The second-order valence-electron chi connectivity index (χ2n) is 5.48. The Kier molecular flexibility index (Phi) is 4.35. The fourth-order valence-corrected chi connectivity index (χ4v) is 2.53. The van der Waals surface area contributed by atoms with E-state index in [1.165, 1.54) is 0 Å². The third kappa shape index (κ3) is 3.66. The molecule has 3 heteroatoms. The third-order valence-corrected chi connectivity index (χ3v) is 3.93. The molecule has 0 unspecified atom stereocenters. The van der Waals surface area contributed by atoms with Crippen molar-refractivity contribution < 1.29 is 14.3 Å². The highest BCUT2D eigenvalue weighted by atomic mass is 16.5. The summed E-state index contributed by atoms with van der Waals surface area (Å²) in [7, 11) is 0. The van der Waals surface area contributed by atoms with Gasteiger partial charge >= 0.3 is 5.97 Å².